The van der Waals surface area contributed by atoms with Crippen molar-refractivity contribution in [1.82, 2.24) is 9.97 Å². The molecular weight excluding hydrogens is 388 g/mol. The van der Waals surface area contributed by atoms with Crippen LogP contribution in [0.2, 0.25) is 0 Å². The maximum atomic E-state index is 10.7. The predicted octanol–water partition coefficient (Wildman–Crippen LogP) is 5.72. The largest absolute Gasteiger partial charge is 0.507 e. The predicted molar refractivity (Wildman–Crippen MR) is 121 cm³/mol. The van der Waals surface area contributed by atoms with Gasteiger partial charge in [-0.25, -0.2) is 9.97 Å². The van der Waals surface area contributed by atoms with E-state index in [1.807, 2.05) is 36.4 Å². The number of phenols is 1. The molecule has 0 bridgehead atoms. The second-order valence-corrected chi connectivity index (χ2v) is 7.41. The first kappa shape index (κ1) is 20.4. The summed E-state index contributed by atoms with van der Waals surface area (Å²) in [5, 5.41) is 10.7. The Morgan fingerprint density at radius 2 is 1.65 bits per heavy atom. The van der Waals surface area contributed by atoms with Crippen LogP contribution in [0.25, 0.3) is 22.4 Å². The number of aromatic hydroxyl groups is 1. The third-order valence-electron chi connectivity index (χ3n) is 5.24. The molecule has 1 N–H and O–H groups in total. The first-order valence-corrected chi connectivity index (χ1v) is 10.0. The Kier molecular flexibility index (Phi) is 5.85. The van der Waals surface area contributed by atoms with Crippen molar-refractivity contribution in [3.8, 4) is 39.6 Å². The number of aryl methyl sites for hydroxylation is 2. The lowest BCUT2D eigenvalue weighted by molar-refractivity contribution is 0.303. The highest BCUT2D eigenvalue weighted by molar-refractivity contribution is 5.83. The lowest BCUT2D eigenvalue weighted by Crippen LogP contribution is -1.99. The Morgan fingerprint density at radius 3 is 2.39 bits per heavy atom. The van der Waals surface area contributed by atoms with E-state index < -0.39 is 0 Å². The number of nitrogens with zero attached hydrogens (tertiary/aromatic N) is 2. The van der Waals surface area contributed by atoms with Crippen LogP contribution >= 0.6 is 0 Å². The molecule has 0 saturated carbocycles. The molecule has 1 aromatic heterocycles. The van der Waals surface area contributed by atoms with Crippen molar-refractivity contribution >= 4 is 0 Å². The fourth-order valence-corrected chi connectivity index (χ4v) is 3.44. The van der Waals surface area contributed by atoms with E-state index in [-0.39, 0.29) is 5.75 Å². The number of aromatic nitrogens is 2. The molecule has 5 nitrogen and oxygen atoms in total. The topological polar surface area (TPSA) is 64.5 Å². The molecule has 4 rings (SSSR count). The van der Waals surface area contributed by atoms with Crippen LogP contribution in [0.5, 0.6) is 17.2 Å². The van der Waals surface area contributed by atoms with Gasteiger partial charge in [0.05, 0.1) is 12.8 Å². The van der Waals surface area contributed by atoms with Crippen LogP contribution in [0.4, 0.5) is 0 Å². The number of benzene rings is 3. The number of ether oxygens (including phenoxy) is 2. The molecule has 0 unspecified atom stereocenters. The van der Waals surface area contributed by atoms with E-state index in [4.69, 9.17) is 9.47 Å². The maximum absolute atomic E-state index is 10.7. The van der Waals surface area contributed by atoms with Gasteiger partial charge in [-0.2, -0.15) is 0 Å². The van der Waals surface area contributed by atoms with E-state index in [1.165, 1.54) is 17.5 Å². The second-order valence-electron chi connectivity index (χ2n) is 7.41. The lowest BCUT2D eigenvalue weighted by Gasteiger charge is -2.13. The van der Waals surface area contributed by atoms with Gasteiger partial charge in [0.2, 0.25) is 0 Å². The molecule has 4 aromatic rings. The zero-order valence-corrected chi connectivity index (χ0v) is 17.8. The number of rotatable bonds is 6. The molecular formula is C26H24N2O3. The number of hydrogen-bond acceptors (Lipinski definition) is 5. The standard InChI is InChI=1S/C26H24N2O3/c1-17-4-5-18(2)20(12-17)15-31-22-10-11-23(25(29)13-22)26-24(14-27-16-28-26)19-6-8-21(30-3)9-7-19/h4-14,16,29H,15H2,1-3H3. The van der Waals surface area contributed by atoms with Crippen molar-refractivity contribution in [2.45, 2.75) is 20.5 Å². The minimum atomic E-state index is 0.104. The maximum Gasteiger partial charge on any atom is 0.128 e. The quantitative estimate of drug-likeness (QED) is 0.439. The molecule has 0 spiro atoms. The highest BCUT2D eigenvalue weighted by Gasteiger charge is 2.14. The smallest absolute Gasteiger partial charge is 0.128 e. The number of methoxy groups -OCH3 is 1. The van der Waals surface area contributed by atoms with Gasteiger partial charge in [0, 0.05) is 23.4 Å². The van der Waals surface area contributed by atoms with E-state index in [0.29, 0.717) is 23.6 Å². The Labute approximate surface area is 182 Å². The van der Waals surface area contributed by atoms with Crippen LogP contribution in [0.3, 0.4) is 0 Å². The minimum absolute atomic E-state index is 0.104. The third kappa shape index (κ3) is 4.51. The Bertz CT molecular complexity index is 1200. The first-order chi connectivity index (χ1) is 15.0. The van der Waals surface area contributed by atoms with E-state index in [2.05, 4.69) is 42.0 Å². The fraction of sp³-hybridized carbons (Fsp3) is 0.154. The Balaban J connectivity index is 1.60. The Hall–Kier alpha value is -3.86. The molecule has 0 radical (unpaired) electrons. The molecule has 5 heteroatoms. The average molecular weight is 412 g/mol. The monoisotopic (exact) mass is 412 g/mol. The van der Waals surface area contributed by atoms with Gasteiger partial charge in [0.25, 0.3) is 0 Å². The van der Waals surface area contributed by atoms with Gasteiger partial charge in [-0.05, 0) is 54.8 Å². The first-order valence-electron chi connectivity index (χ1n) is 10.0. The zero-order chi connectivity index (χ0) is 21.8. The van der Waals surface area contributed by atoms with Crippen molar-refractivity contribution in [2.75, 3.05) is 7.11 Å². The number of hydrogen-bond donors (Lipinski definition) is 1. The third-order valence-corrected chi connectivity index (χ3v) is 5.24. The average Bonchev–Trinajstić information content (AvgIpc) is 2.80. The van der Waals surface area contributed by atoms with Gasteiger partial charge in [0.15, 0.2) is 0 Å². The molecule has 0 fully saturated rings. The SMILES string of the molecule is COc1ccc(-c2cncnc2-c2ccc(OCc3cc(C)ccc3C)cc2O)cc1. The van der Waals surface area contributed by atoms with Crippen LogP contribution in [-0.4, -0.2) is 22.2 Å². The van der Waals surface area contributed by atoms with Crippen LogP contribution in [0, 0.1) is 13.8 Å². The van der Waals surface area contributed by atoms with Crippen molar-refractivity contribution in [3.05, 3.63) is 89.9 Å². The van der Waals surface area contributed by atoms with Crippen LogP contribution < -0.4 is 9.47 Å². The summed E-state index contributed by atoms with van der Waals surface area (Å²) in [5.74, 6) is 1.48. The highest BCUT2D eigenvalue weighted by atomic mass is 16.5. The van der Waals surface area contributed by atoms with Gasteiger partial charge >= 0.3 is 0 Å². The van der Waals surface area contributed by atoms with E-state index in [1.54, 1.807) is 19.4 Å². The molecule has 1 heterocycles. The van der Waals surface area contributed by atoms with E-state index >= 15 is 0 Å². The van der Waals surface area contributed by atoms with Crippen molar-refractivity contribution in [1.29, 1.82) is 0 Å². The van der Waals surface area contributed by atoms with Crippen LogP contribution in [0.1, 0.15) is 16.7 Å². The fourth-order valence-electron chi connectivity index (χ4n) is 3.44. The molecule has 0 aliphatic heterocycles. The molecule has 31 heavy (non-hydrogen) atoms. The minimum Gasteiger partial charge on any atom is -0.507 e. The summed E-state index contributed by atoms with van der Waals surface area (Å²) in [6.07, 6.45) is 3.22. The second kappa shape index (κ2) is 8.88. The zero-order valence-electron chi connectivity index (χ0n) is 17.8. The van der Waals surface area contributed by atoms with Gasteiger partial charge in [-0.1, -0.05) is 35.9 Å². The molecule has 3 aromatic carbocycles. The summed E-state index contributed by atoms with van der Waals surface area (Å²) in [6.45, 7) is 4.57. The van der Waals surface area contributed by atoms with Crippen molar-refractivity contribution < 1.29 is 14.6 Å². The molecule has 0 aliphatic rings. The van der Waals surface area contributed by atoms with Gasteiger partial charge in [-0.3, -0.25) is 0 Å². The van der Waals surface area contributed by atoms with E-state index in [9.17, 15) is 5.11 Å². The normalized spacial score (nSPS) is 10.7. The van der Waals surface area contributed by atoms with Crippen molar-refractivity contribution in [3.63, 3.8) is 0 Å². The summed E-state index contributed by atoms with van der Waals surface area (Å²) in [7, 11) is 1.63. The van der Waals surface area contributed by atoms with Crippen molar-refractivity contribution in [2.24, 2.45) is 0 Å². The highest BCUT2D eigenvalue weighted by Crippen LogP contribution is 2.37. The molecule has 0 atom stereocenters. The summed E-state index contributed by atoms with van der Waals surface area (Å²) in [6, 6.07) is 19.2. The summed E-state index contributed by atoms with van der Waals surface area (Å²) in [5.41, 5.74) is 6.52. The molecule has 0 aliphatic carbocycles. The Morgan fingerprint density at radius 1 is 0.871 bits per heavy atom. The van der Waals surface area contributed by atoms with Gasteiger partial charge < -0.3 is 14.6 Å². The van der Waals surface area contributed by atoms with Crippen LogP contribution in [-0.2, 0) is 6.61 Å². The summed E-state index contributed by atoms with van der Waals surface area (Å²) < 4.78 is 11.2. The van der Waals surface area contributed by atoms with Gasteiger partial charge in [0.1, 0.15) is 30.2 Å². The van der Waals surface area contributed by atoms with Gasteiger partial charge in [-0.15, -0.1) is 0 Å². The lowest BCUT2D eigenvalue weighted by atomic mass is 10.00. The molecule has 156 valence electrons. The van der Waals surface area contributed by atoms with Crippen LogP contribution in [0.15, 0.2) is 73.2 Å². The number of phenolic OH excluding ortho intramolecular Hbond substituents is 1. The molecule has 0 amide bonds. The van der Waals surface area contributed by atoms with E-state index in [0.717, 1.165) is 22.4 Å². The molecule has 0 saturated heterocycles. The summed E-state index contributed by atoms with van der Waals surface area (Å²) in [4.78, 5) is 8.60. The summed E-state index contributed by atoms with van der Waals surface area (Å²) >= 11 is 0.